The van der Waals surface area contributed by atoms with E-state index in [4.69, 9.17) is 11.6 Å². The fourth-order valence-corrected chi connectivity index (χ4v) is 5.45. The van der Waals surface area contributed by atoms with Crippen molar-refractivity contribution in [3.63, 3.8) is 0 Å². The van der Waals surface area contributed by atoms with Crippen LogP contribution in [0.15, 0.2) is 65.6 Å². The maximum Gasteiger partial charge on any atom is 0.277 e. The summed E-state index contributed by atoms with van der Waals surface area (Å²) in [5, 5.41) is 4.50. The number of sulfonamides is 1. The average molecular weight is 487 g/mol. The van der Waals surface area contributed by atoms with Crippen LogP contribution in [0, 0.1) is 0 Å². The molecule has 1 aliphatic heterocycles. The van der Waals surface area contributed by atoms with Crippen molar-refractivity contribution in [2.45, 2.75) is 25.5 Å². The monoisotopic (exact) mass is 486 g/mol. The highest BCUT2D eigenvalue weighted by Gasteiger charge is 2.30. The van der Waals surface area contributed by atoms with Crippen LogP contribution in [0.3, 0.4) is 0 Å². The Bertz CT molecular complexity index is 1280. The second kappa shape index (κ2) is 9.67. The Morgan fingerprint density at radius 1 is 1.00 bits per heavy atom. The first-order chi connectivity index (χ1) is 15.8. The van der Waals surface area contributed by atoms with Gasteiger partial charge in [-0.2, -0.15) is 14.1 Å². The minimum absolute atomic E-state index is 0.212. The van der Waals surface area contributed by atoms with Crippen molar-refractivity contribution >= 4 is 27.3 Å². The van der Waals surface area contributed by atoms with Crippen LogP contribution in [0.1, 0.15) is 25.0 Å². The Morgan fingerprint density at radius 3 is 2.33 bits per heavy atom. The number of benzene rings is 2. The predicted octanol–water partition coefficient (Wildman–Crippen LogP) is 3.34. The third kappa shape index (κ3) is 4.98. The van der Waals surface area contributed by atoms with Crippen molar-refractivity contribution in [1.29, 1.82) is 0 Å². The van der Waals surface area contributed by atoms with Gasteiger partial charge in [-0.05, 0) is 37.6 Å². The maximum atomic E-state index is 13.6. The lowest BCUT2D eigenvalue weighted by Crippen LogP contribution is -2.51. The summed E-state index contributed by atoms with van der Waals surface area (Å²) in [4.78, 5) is 15.6. The zero-order chi connectivity index (χ0) is 23.6. The molecule has 1 aliphatic rings. The molecule has 174 valence electrons. The van der Waals surface area contributed by atoms with Gasteiger partial charge < -0.3 is 4.90 Å². The number of nitrogens with zero attached hydrogens (tertiary/aromatic N) is 4. The van der Waals surface area contributed by atoms with Crippen molar-refractivity contribution in [3.05, 3.63) is 87.3 Å². The molecule has 2 aromatic carbocycles. The van der Waals surface area contributed by atoms with Gasteiger partial charge in [-0.1, -0.05) is 48.0 Å². The van der Waals surface area contributed by atoms with Crippen molar-refractivity contribution in [1.82, 2.24) is 14.1 Å². The predicted molar refractivity (Wildman–Crippen MR) is 132 cm³/mol. The summed E-state index contributed by atoms with van der Waals surface area (Å²) >= 11 is 6.14. The van der Waals surface area contributed by atoms with E-state index in [2.05, 4.69) is 10.00 Å². The topological polar surface area (TPSA) is 75.5 Å². The molecule has 9 heteroatoms. The number of hydrogen-bond acceptors (Lipinski definition) is 5. The lowest BCUT2D eigenvalue weighted by atomic mass is 10.0. The maximum absolute atomic E-state index is 13.6. The molecule has 4 rings (SSSR count). The normalized spacial score (nSPS) is 15.2. The number of anilines is 1. The second-order valence-electron chi connectivity index (χ2n) is 8.35. The molecule has 0 N–H and O–H groups in total. The first-order valence-corrected chi connectivity index (χ1v) is 12.8. The van der Waals surface area contributed by atoms with E-state index in [1.807, 2.05) is 30.3 Å². The highest BCUT2D eigenvalue weighted by molar-refractivity contribution is 7.89. The van der Waals surface area contributed by atoms with E-state index >= 15 is 0 Å². The molecule has 1 saturated heterocycles. The minimum Gasteiger partial charge on any atom is -0.367 e. The third-order valence-corrected chi connectivity index (χ3v) is 8.38. The molecule has 0 atom stereocenters. The van der Waals surface area contributed by atoms with Crippen molar-refractivity contribution < 1.29 is 8.42 Å². The van der Waals surface area contributed by atoms with E-state index in [0.717, 1.165) is 11.3 Å². The van der Waals surface area contributed by atoms with Crippen molar-refractivity contribution in [2.24, 2.45) is 0 Å². The Balaban J connectivity index is 1.71. The van der Waals surface area contributed by atoms with Crippen LogP contribution in [0.25, 0.3) is 5.69 Å². The summed E-state index contributed by atoms with van der Waals surface area (Å²) in [6, 6.07) is 16.8. The molecular weight excluding hydrogens is 460 g/mol. The van der Waals surface area contributed by atoms with Crippen LogP contribution in [0.2, 0.25) is 5.02 Å². The van der Waals surface area contributed by atoms with Gasteiger partial charge in [-0.3, -0.25) is 4.79 Å². The molecule has 0 bridgehead atoms. The molecule has 33 heavy (non-hydrogen) atoms. The molecule has 0 amide bonds. The average Bonchev–Trinajstić information content (AvgIpc) is 2.81. The van der Waals surface area contributed by atoms with Crippen molar-refractivity contribution in [2.75, 3.05) is 31.1 Å². The largest absolute Gasteiger partial charge is 0.367 e. The van der Waals surface area contributed by atoms with Gasteiger partial charge in [0, 0.05) is 43.2 Å². The van der Waals surface area contributed by atoms with E-state index in [1.54, 1.807) is 44.3 Å². The lowest BCUT2D eigenvalue weighted by molar-refractivity contribution is 0.380. The molecular formula is C24H27ClN4O3S. The summed E-state index contributed by atoms with van der Waals surface area (Å²) in [6.07, 6.45) is 2.15. The SMILES string of the molecule is CC(C)S(=O)(=O)N1CCN(c2cnn(-c3cccc(Cl)c3)c(=O)c2Cc2ccccc2)CC1. The van der Waals surface area contributed by atoms with E-state index in [0.29, 0.717) is 48.9 Å². The molecule has 0 radical (unpaired) electrons. The van der Waals surface area contributed by atoms with Gasteiger partial charge in [0.25, 0.3) is 5.56 Å². The molecule has 0 saturated carbocycles. The van der Waals surface area contributed by atoms with Crippen LogP contribution < -0.4 is 10.5 Å². The first kappa shape index (κ1) is 23.5. The number of piperazine rings is 1. The highest BCUT2D eigenvalue weighted by atomic mass is 35.5. The van der Waals surface area contributed by atoms with Crippen LogP contribution in [0.5, 0.6) is 0 Å². The Labute approximate surface area is 199 Å². The number of rotatable bonds is 6. The quantitative estimate of drug-likeness (QED) is 0.534. The standard InChI is InChI=1S/C24H27ClN4O3S/c1-18(2)33(31,32)28-13-11-27(12-14-28)23-17-26-29(21-10-6-9-20(25)16-21)24(30)22(23)15-19-7-4-3-5-8-19/h3-10,16-18H,11-15H2,1-2H3. The number of halogens is 1. The fourth-order valence-electron chi connectivity index (χ4n) is 3.99. The van der Waals surface area contributed by atoms with E-state index in [1.165, 1.54) is 8.99 Å². The van der Waals surface area contributed by atoms with Gasteiger partial charge in [0.2, 0.25) is 10.0 Å². The number of aromatic nitrogens is 2. The molecule has 1 aromatic heterocycles. The second-order valence-corrected chi connectivity index (χ2v) is 11.3. The molecule has 0 spiro atoms. The minimum atomic E-state index is -3.31. The molecule has 3 aromatic rings. The summed E-state index contributed by atoms with van der Waals surface area (Å²) < 4.78 is 28.0. The highest BCUT2D eigenvalue weighted by Crippen LogP contribution is 2.24. The lowest BCUT2D eigenvalue weighted by Gasteiger charge is -2.36. The van der Waals surface area contributed by atoms with Crippen LogP contribution in [-0.4, -0.2) is 53.9 Å². The van der Waals surface area contributed by atoms with Crippen LogP contribution in [-0.2, 0) is 16.4 Å². The molecule has 1 fully saturated rings. The summed E-state index contributed by atoms with van der Waals surface area (Å²) in [6.45, 7) is 5.13. The van der Waals surface area contributed by atoms with Crippen molar-refractivity contribution in [3.8, 4) is 5.69 Å². The zero-order valence-electron chi connectivity index (χ0n) is 18.7. The summed E-state index contributed by atoms with van der Waals surface area (Å²) in [5.74, 6) is 0. The summed E-state index contributed by atoms with van der Waals surface area (Å²) in [5.41, 5.74) is 2.76. The molecule has 0 aliphatic carbocycles. The van der Waals surface area contributed by atoms with Crippen LogP contribution in [0.4, 0.5) is 5.69 Å². The van der Waals surface area contributed by atoms with E-state index < -0.39 is 15.3 Å². The van der Waals surface area contributed by atoms with Gasteiger partial charge in [0.05, 0.1) is 22.8 Å². The van der Waals surface area contributed by atoms with E-state index in [9.17, 15) is 13.2 Å². The third-order valence-electron chi connectivity index (χ3n) is 5.87. The smallest absolute Gasteiger partial charge is 0.277 e. The molecule has 2 heterocycles. The number of hydrogen-bond donors (Lipinski definition) is 0. The Hall–Kier alpha value is -2.68. The van der Waals surface area contributed by atoms with Gasteiger partial charge in [-0.15, -0.1) is 0 Å². The molecule has 0 unspecified atom stereocenters. The van der Waals surface area contributed by atoms with Crippen LogP contribution >= 0.6 is 11.6 Å². The Morgan fingerprint density at radius 2 is 1.70 bits per heavy atom. The van der Waals surface area contributed by atoms with E-state index in [-0.39, 0.29) is 5.56 Å². The van der Waals surface area contributed by atoms with Gasteiger partial charge in [-0.25, -0.2) is 8.42 Å². The summed E-state index contributed by atoms with van der Waals surface area (Å²) in [7, 11) is -3.31. The first-order valence-electron chi connectivity index (χ1n) is 10.9. The molecule has 7 nitrogen and oxygen atoms in total. The van der Waals surface area contributed by atoms with Gasteiger partial charge in [0.1, 0.15) is 0 Å². The van der Waals surface area contributed by atoms with Gasteiger partial charge in [0.15, 0.2) is 0 Å². The Kier molecular flexibility index (Phi) is 6.88. The zero-order valence-corrected chi connectivity index (χ0v) is 20.3. The van der Waals surface area contributed by atoms with Gasteiger partial charge >= 0.3 is 0 Å². The fraction of sp³-hybridized carbons (Fsp3) is 0.333.